The number of hydrogen-bond donors (Lipinski definition) is 1. The van der Waals surface area contributed by atoms with E-state index in [4.69, 9.17) is 0 Å². The Morgan fingerprint density at radius 3 is 2.38 bits per heavy atom. The summed E-state index contributed by atoms with van der Waals surface area (Å²) in [5.74, 6) is -1.56. The lowest BCUT2D eigenvalue weighted by Gasteiger charge is -2.01. The molecule has 0 unspecified atom stereocenters. The molecule has 0 saturated carbocycles. The van der Waals surface area contributed by atoms with E-state index in [1.165, 1.54) is 6.07 Å². The average molecular weight is 187 g/mol. The number of benzene rings is 1. The van der Waals surface area contributed by atoms with Gasteiger partial charge in [0, 0.05) is 12.1 Å². The number of hydrogen-bond acceptors (Lipinski definition) is 1. The van der Waals surface area contributed by atoms with Crippen LogP contribution in [0.3, 0.4) is 0 Å². The highest BCUT2D eigenvalue weighted by molar-refractivity contribution is 5.18. The van der Waals surface area contributed by atoms with Gasteiger partial charge in [0.05, 0.1) is 0 Å². The van der Waals surface area contributed by atoms with Crippen molar-refractivity contribution >= 4 is 0 Å². The summed E-state index contributed by atoms with van der Waals surface area (Å²) in [5, 5.41) is 2.75. The van der Waals surface area contributed by atoms with Gasteiger partial charge in [-0.15, -0.1) is 0 Å². The third-order valence-electron chi connectivity index (χ3n) is 1.40. The lowest BCUT2D eigenvalue weighted by atomic mass is 10.2. The zero-order valence-electron chi connectivity index (χ0n) is 8.20. The molecule has 0 aliphatic heterocycles. The van der Waals surface area contributed by atoms with Crippen LogP contribution in [-0.4, -0.2) is 7.05 Å². The quantitative estimate of drug-likeness (QED) is 0.750. The van der Waals surface area contributed by atoms with Crippen molar-refractivity contribution in [3.8, 4) is 0 Å². The molecule has 1 aromatic carbocycles. The van der Waals surface area contributed by atoms with Gasteiger partial charge in [-0.3, -0.25) is 0 Å². The third kappa shape index (κ3) is 3.51. The van der Waals surface area contributed by atoms with Gasteiger partial charge in [-0.1, -0.05) is 26.0 Å². The van der Waals surface area contributed by atoms with E-state index in [1.54, 1.807) is 13.1 Å². The minimum atomic E-state index is -0.794. The Hall–Kier alpha value is -0.960. The lowest BCUT2D eigenvalue weighted by Crippen LogP contribution is -2.07. The highest BCUT2D eigenvalue weighted by Crippen LogP contribution is 2.10. The molecular weight excluding hydrogens is 172 g/mol. The maximum Gasteiger partial charge on any atom is 0.163 e. The molecule has 1 rings (SSSR count). The SMILES string of the molecule is CC.CNCc1cccc(F)c1F. The van der Waals surface area contributed by atoms with E-state index in [0.717, 1.165) is 6.07 Å². The van der Waals surface area contributed by atoms with Crippen LogP contribution in [0.15, 0.2) is 18.2 Å². The maximum atomic E-state index is 12.8. The van der Waals surface area contributed by atoms with Gasteiger partial charge in [0.1, 0.15) is 0 Å². The average Bonchev–Trinajstić information content (AvgIpc) is 2.17. The first-order valence-electron chi connectivity index (χ1n) is 4.33. The van der Waals surface area contributed by atoms with Crippen molar-refractivity contribution in [1.82, 2.24) is 5.32 Å². The van der Waals surface area contributed by atoms with Gasteiger partial charge in [-0.05, 0) is 13.1 Å². The van der Waals surface area contributed by atoms with Crippen LogP contribution in [0.1, 0.15) is 19.4 Å². The molecule has 1 nitrogen and oxygen atoms in total. The maximum absolute atomic E-state index is 12.8. The molecule has 13 heavy (non-hydrogen) atoms. The van der Waals surface area contributed by atoms with Gasteiger partial charge < -0.3 is 5.32 Å². The Labute approximate surface area is 77.8 Å². The van der Waals surface area contributed by atoms with Gasteiger partial charge in [0.25, 0.3) is 0 Å². The molecule has 1 N–H and O–H groups in total. The molecule has 0 aliphatic rings. The second kappa shape index (κ2) is 6.54. The van der Waals surface area contributed by atoms with Crippen LogP contribution in [-0.2, 0) is 6.54 Å². The molecule has 3 heteroatoms. The van der Waals surface area contributed by atoms with E-state index < -0.39 is 11.6 Å². The summed E-state index contributed by atoms with van der Waals surface area (Å²) in [5.41, 5.74) is 0.354. The molecule has 0 spiro atoms. The highest BCUT2D eigenvalue weighted by atomic mass is 19.2. The molecule has 0 aromatic heterocycles. The van der Waals surface area contributed by atoms with Gasteiger partial charge in [-0.2, -0.15) is 0 Å². The van der Waals surface area contributed by atoms with E-state index in [9.17, 15) is 8.78 Å². The van der Waals surface area contributed by atoms with Crippen molar-refractivity contribution in [2.24, 2.45) is 0 Å². The molecule has 0 atom stereocenters. The fourth-order valence-electron chi connectivity index (χ4n) is 0.875. The molecule has 0 radical (unpaired) electrons. The zero-order valence-corrected chi connectivity index (χ0v) is 8.20. The van der Waals surface area contributed by atoms with Gasteiger partial charge in [-0.25, -0.2) is 8.78 Å². The molecule has 0 fully saturated rings. The normalized spacial score (nSPS) is 9.00. The van der Waals surface area contributed by atoms with E-state index in [2.05, 4.69) is 5.32 Å². The molecule has 1 aromatic rings. The molecule has 0 bridgehead atoms. The van der Waals surface area contributed by atoms with Crippen LogP contribution in [0, 0.1) is 11.6 Å². The van der Waals surface area contributed by atoms with Gasteiger partial charge in [0.2, 0.25) is 0 Å². The summed E-state index contributed by atoms with van der Waals surface area (Å²) in [4.78, 5) is 0. The highest BCUT2D eigenvalue weighted by Gasteiger charge is 2.04. The minimum absolute atomic E-state index is 0.351. The van der Waals surface area contributed by atoms with Crippen molar-refractivity contribution < 1.29 is 8.78 Å². The second-order valence-corrected chi connectivity index (χ2v) is 2.24. The monoisotopic (exact) mass is 187 g/mol. The predicted molar refractivity (Wildman–Crippen MR) is 50.5 cm³/mol. The molecule has 0 amide bonds. The second-order valence-electron chi connectivity index (χ2n) is 2.24. The Bertz CT molecular complexity index is 249. The number of rotatable bonds is 2. The number of halogens is 2. The van der Waals surface area contributed by atoms with Gasteiger partial charge >= 0.3 is 0 Å². The predicted octanol–water partition coefficient (Wildman–Crippen LogP) is 2.71. The van der Waals surface area contributed by atoms with E-state index in [1.807, 2.05) is 13.8 Å². The summed E-state index contributed by atoms with van der Waals surface area (Å²) in [7, 11) is 1.68. The van der Waals surface area contributed by atoms with E-state index in [-0.39, 0.29) is 0 Å². The molecule has 0 heterocycles. The zero-order chi connectivity index (χ0) is 10.3. The van der Waals surface area contributed by atoms with Crippen LogP contribution >= 0.6 is 0 Å². The third-order valence-corrected chi connectivity index (χ3v) is 1.40. The smallest absolute Gasteiger partial charge is 0.163 e. The number of nitrogens with one attached hydrogen (secondary N) is 1. The van der Waals surface area contributed by atoms with Gasteiger partial charge in [0.15, 0.2) is 11.6 Å². The Balaban J connectivity index is 0.000000671. The molecule has 0 saturated heterocycles. The van der Waals surface area contributed by atoms with Crippen LogP contribution in [0.4, 0.5) is 8.78 Å². The minimum Gasteiger partial charge on any atom is -0.316 e. The fraction of sp³-hybridized carbons (Fsp3) is 0.400. The lowest BCUT2D eigenvalue weighted by molar-refractivity contribution is 0.496. The standard InChI is InChI=1S/C8H9F2N.C2H6/c1-11-5-6-3-2-4-7(9)8(6)10;1-2/h2-4,11H,5H2,1H3;1-2H3. The van der Waals surface area contributed by atoms with Crippen LogP contribution in [0.25, 0.3) is 0 Å². The van der Waals surface area contributed by atoms with Crippen molar-refractivity contribution in [3.05, 3.63) is 35.4 Å². The summed E-state index contributed by atoms with van der Waals surface area (Å²) in [6.07, 6.45) is 0. The van der Waals surface area contributed by atoms with Crippen LogP contribution in [0.2, 0.25) is 0 Å². The first-order valence-corrected chi connectivity index (χ1v) is 4.33. The van der Waals surface area contributed by atoms with Crippen molar-refractivity contribution in [3.63, 3.8) is 0 Å². The summed E-state index contributed by atoms with van der Waals surface area (Å²) in [6, 6.07) is 4.15. The Morgan fingerprint density at radius 1 is 1.23 bits per heavy atom. The van der Waals surface area contributed by atoms with Crippen molar-refractivity contribution in [2.45, 2.75) is 20.4 Å². The largest absolute Gasteiger partial charge is 0.316 e. The van der Waals surface area contributed by atoms with E-state index >= 15 is 0 Å². The molecular formula is C10H15F2N. The molecule has 74 valence electrons. The van der Waals surface area contributed by atoms with Crippen LogP contribution < -0.4 is 5.32 Å². The first-order chi connectivity index (χ1) is 6.25. The summed E-state index contributed by atoms with van der Waals surface area (Å²) < 4.78 is 25.3. The summed E-state index contributed by atoms with van der Waals surface area (Å²) in [6.45, 7) is 4.35. The first kappa shape index (κ1) is 12.0. The van der Waals surface area contributed by atoms with E-state index in [0.29, 0.717) is 12.1 Å². The van der Waals surface area contributed by atoms with Crippen LogP contribution in [0.5, 0.6) is 0 Å². The summed E-state index contributed by atoms with van der Waals surface area (Å²) >= 11 is 0. The Kier molecular flexibility index (Phi) is 6.06. The Morgan fingerprint density at radius 2 is 1.85 bits per heavy atom. The fourth-order valence-corrected chi connectivity index (χ4v) is 0.875. The molecule has 0 aliphatic carbocycles. The van der Waals surface area contributed by atoms with Crippen molar-refractivity contribution in [2.75, 3.05) is 7.05 Å². The topological polar surface area (TPSA) is 12.0 Å². The van der Waals surface area contributed by atoms with Crippen molar-refractivity contribution in [1.29, 1.82) is 0 Å².